The minimum Gasteiger partial charge on any atom is -0.318 e. The highest BCUT2D eigenvalue weighted by molar-refractivity contribution is 7.21. The van der Waals surface area contributed by atoms with Crippen LogP contribution >= 0.6 is 11.3 Å². The molecule has 4 rings (SSSR count). The first kappa shape index (κ1) is 20.8. The molecule has 3 nitrogen and oxygen atoms in total. The number of nitrogens with zero attached hydrogens (tertiary/aromatic N) is 1. The van der Waals surface area contributed by atoms with E-state index in [2.05, 4.69) is 19.1 Å². The second kappa shape index (κ2) is 8.35. The molecule has 0 spiro atoms. The van der Waals surface area contributed by atoms with Gasteiger partial charge in [0.25, 0.3) is 0 Å². The Hall–Kier alpha value is -3.45. The molecular weight excluding hydrogens is 421 g/mol. The van der Waals surface area contributed by atoms with Crippen LogP contribution in [0.25, 0.3) is 32.9 Å². The largest absolute Gasteiger partial charge is 0.471 e. The number of thiazole rings is 1. The zero-order chi connectivity index (χ0) is 22.0. The molecular formula is C24H17F3N2OS. The van der Waals surface area contributed by atoms with Crippen LogP contribution in [0.1, 0.15) is 16.7 Å². The summed E-state index contributed by atoms with van der Waals surface area (Å²) < 4.78 is 38.1. The number of carbonyl (C=O) groups is 1. The van der Waals surface area contributed by atoms with Crippen LogP contribution in [0.2, 0.25) is 0 Å². The van der Waals surface area contributed by atoms with Gasteiger partial charge in [-0.1, -0.05) is 54.6 Å². The number of benzene rings is 3. The lowest BCUT2D eigenvalue weighted by atomic mass is 10.1. The first-order valence-corrected chi connectivity index (χ1v) is 10.2. The SMILES string of the molecule is Cc1ccc2nc(-c3ccc(/C=C/c4ccc(NC(=O)C(F)(F)F)cc4)cc3)sc2c1. The summed E-state index contributed by atoms with van der Waals surface area (Å²) in [5.74, 6) is -1.99. The molecule has 1 aromatic heterocycles. The Morgan fingerprint density at radius 1 is 0.935 bits per heavy atom. The number of halogens is 3. The maximum atomic E-state index is 12.3. The van der Waals surface area contributed by atoms with E-state index in [1.54, 1.807) is 23.5 Å². The Labute approximate surface area is 180 Å². The van der Waals surface area contributed by atoms with Crippen LogP contribution in [-0.2, 0) is 4.79 Å². The van der Waals surface area contributed by atoms with Crippen molar-refractivity contribution in [3.05, 3.63) is 83.4 Å². The van der Waals surface area contributed by atoms with E-state index in [1.165, 1.54) is 17.7 Å². The maximum absolute atomic E-state index is 12.3. The lowest BCUT2D eigenvalue weighted by molar-refractivity contribution is -0.167. The predicted octanol–water partition coefficient (Wildman–Crippen LogP) is 6.94. The third-order valence-corrected chi connectivity index (χ3v) is 5.66. The van der Waals surface area contributed by atoms with E-state index in [1.807, 2.05) is 47.8 Å². The van der Waals surface area contributed by atoms with Crippen molar-refractivity contribution >= 4 is 45.3 Å². The molecule has 1 amide bonds. The predicted molar refractivity (Wildman–Crippen MR) is 120 cm³/mol. The van der Waals surface area contributed by atoms with Gasteiger partial charge in [0.2, 0.25) is 0 Å². The molecule has 4 aromatic rings. The van der Waals surface area contributed by atoms with Crippen LogP contribution in [0.4, 0.5) is 18.9 Å². The fourth-order valence-corrected chi connectivity index (χ4v) is 4.03. The quantitative estimate of drug-likeness (QED) is 0.351. The van der Waals surface area contributed by atoms with Crippen molar-refractivity contribution in [1.29, 1.82) is 0 Å². The molecule has 0 aliphatic carbocycles. The highest BCUT2D eigenvalue weighted by Crippen LogP contribution is 2.31. The zero-order valence-electron chi connectivity index (χ0n) is 16.4. The molecule has 0 saturated heterocycles. The van der Waals surface area contributed by atoms with Crippen molar-refractivity contribution in [2.24, 2.45) is 0 Å². The van der Waals surface area contributed by atoms with Gasteiger partial charge in [-0.05, 0) is 47.9 Å². The number of carbonyl (C=O) groups excluding carboxylic acids is 1. The molecule has 31 heavy (non-hydrogen) atoms. The molecule has 0 saturated carbocycles. The molecule has 1 heterocycles. The van der Waals surface area contributed by atoms with E-state index in [9.17, 15) is 18.0 Å². The first-order chi connectivity index (χ1) is 14.8. The van der Waals surface area contributed by atoms with Crippen molar-refractivity contribution < 1.29 is 18.0 Å². The number of alkyl halides is 3. The molecule has 0 aliphatic rings. The van der Waals surface area contributed by atoms with Gasteiger partial charge in [0.1, 0.15) is 5.01 Å². The number of fused-ring (bicyclic) bond motifs is 1. The summed E-state index contributed by atoms with van der Waals surface area (Å²) in [5.41, 5.74) is 5.12. The van der Waals surface area contributed by atoms with Crippen LogP contribution in [0, 0.1) is 6.92 Å². The fraction of sp³-hybridized carbons (Fsp3) is 0.0833. The van der Waals surface area contributed by atoms with Gasteiger partial charge in [-0.3, -0.25) is 4.79 Å². The summed E-state index contributed by atoms with van der Waals surface area (Å²) in [6.45, 7) is 2.06. The van der Waals surface area contributed by atoms with Crippen LogP contribution in [0.3, 0.4) is 0 Å². The van der Waals surface area contributed by atoms with E-state index < -0.39 is 12.1 Å². The topological polar surface area (TPSA) is 42.0 Å². The van der Waals surface area contributed by atoms with E-state index in [0.29, 0.717) is 0 Å². The molecule has 0 bridgehead atoms. The highest BCUT2D eigenvalue weighted by Gasteiger charge is 2.38. The van der Waals surface area contributed by atoms with Gasteiger partial charge in [-0.25, -0.2) is 4.98 Å². The fourth-order valence-electron chi connectivity index (χ4n) is 2.96. The summed E-state index contributed by atoms with van der Waals surface area (Å²) in [7, 11) is 0. The maximum Gasteiger partial charge on any atom is 0.471 e. The third kappa shape index (κ3) is 5.00. The summed E-state index contributed by atoms with van der Waals surface area (Å²) in [6.07, 6.45) is -1.14. The van der Waals surface area contributed by atoms with Gasteiger partial charge >= 0.3 is 12.1 Å². The van der Waals surface area contributed by atoms with Crippen LogP contribution < -0.4 is 5.32 Å². The van der Waals surface area contributed by atoms with Crippen molar-refractivity contribution in [2.75, 3.05) is 5.32 Å². The normalized spacial score (nSPS) is 11.9. The monoisotopic (exact) mass is 438 g/mol. The van der Waals surface area contributed by atoms with E-state index >= 15 is 0 Å². The van der Waals surface area contributed by atoms with Gasteiger partial charge in [0, 0.05) is 11.3 Å². The second-order valence-electron chi connectivity index (χ2n) is 7.02. The number of aryl methyl sites for hydroxylation is 1. The summed E-state index contributed by atoms with van der Waals surface area (Å²) in [4.78, 5) is 15.7. The molecule has 3 aromatic carbocycles. The Balaban J connectivity index is 1.44. The molecule has 156 valence electrons. The lowest BCUT2D eigenvalue weighted by Gasteiger charge is -2.07. The number of aromatic nitrogens is 1. The Kier molecular flexibility index (Phi) is 5.61. The minimum atomic E-state index is -4.91. The standard InChI is InChI=1S/C24H17F3N2OS/c1-15-2-13-20-21(14-15)31-22(29-20)18-9-5-16(6-10-18)3-4-17-7-11-19(12-8-17)28-23(30)24(25,26)27/h2-14H,1H3,(H,28,30)/b4-3+. The summed E-state index contributed by atoms with van der Waals surface area (Å²) in [6, 6.07) is 20.4. The second-order valence-corrected chi connectivity index (χ2v) is 8.05. The molecule has 0 aliphatic heterocycles. The van der Waals surface area contributed by atoms with Gasteiger partial charge in [0.15, 0.2) is 0 Å². The van der Waals surface area contributed by atoms with Crippen LogP contribution in [0.15, 0.2) is 66.7 Å². The Morgan fingerprint density at radius 3 is 2.16 bits per heavy atom. The van der Waals surface area contributed by atoms with Crippen LogP contribution in [-0.4, -0.2) is 17.1 Å². The summed E-state index contributed by atoms with van der Waals surface area (Å²) in [5, 5.41) is 2.79. The van der Waals surface area contributed by atoms with Crippen molar-refractivity contribution in [1.82, 2.24) is 4.98 Å². The molecule has 0 unspecified atom stereocenters. The number of anilines is 1. The number of rotatable bonds is 4. The van der Waals surface area contributed by atoms with Gasteiger partial charge in [0.05, 0.1) is 10.2 Å². The first-order valence-electron chi connectivity index (χ1n) is 9.42. The van der Waals surface area contributed by atoms with Crippen LogP contribution in [0.5, 0.6) is 0 Å². The van der Waals surface area contributed by atoms with E-state index in [-0.39, 0.29) is 5.69 Å². The molecule has 0 atom stereocenters. The lowest BCUT2D eigenvalue weighted by Crippen LogP contribution is -2.29. The van der Waals surface area contributed by atoms with E-state index in [0.717, 1.165) is 31.9 Å². The number of hydrogen-bond donors (Lipinski definition) is 1. The Morgan fingerprint density at radius 2 is 1.55 bits per heavy atom. The smallest absolute Gasteiger partial charge is 0.318 e. The third-order valence-electron chi connectivity index (χ3n) is 4.60. The van der Waals surface area contributed by atoms with Crippen molar-refractivity contribution in [2.45, 2.75) is 13.1 Å². The number of nitrogens with one attached hydrogen (secondary N) is 1. The molecule has 1 N–H and O–H groups in total. The highest BCUT2D eigenvalue weighted by atomic mass is 32.1. The zero-order valence-corrected chi connectivity index (χ0v) is 17.2. The summed E-state index contributed by atoms with van der Waals surface area (Å²) >= 11 is 1.66. The number of hydrogen-bond acceptors (Lipinski definition) is 3. The van der Waals surface area contributed by atoms with Crippen molar-refractivity contribution in [3.8, 4) is 10.6 Å². The van der Waals surface area contributed by atoms with Gasteiger partial charge in [-0.2, -0.15) is 13.2 Å². The number of amides is 1. The minimum absolute atomic E-state index is 0.0925. The average molecular weight is 438 g/mol. The Bertz CT molecular complexity index is 1260. The molecule has 0 radical (unpaired) electrons. The average Bonchev–Trinajstić information content (AvgIpc) is 3.16. The van der Waals surface area contributed by atoms with Crippen molar-refractivity contribution in [3.63, 3.8) is 0 Å². The molecule has 7 heteroatoms. The van der Waals surface area contributed by atoms with Gasteiger partial charge in [-0.15, -0.1) is 11.3 Å². The molecule has 0 fully saturated rings. The van der Waals surface area contributed by atoms with Gasteiger partial charge < -0.3 is 5.32 Å². The van der Waals surface area contributed by atoms with E-state index in [4.69, 9.17) is 4.98 Å².